The van der Waals surface area contributed by atoms with Crippen molar-refractivity contribution in [3.8, 4) is 5.75 Å². The first-order valence-electron chi connectivity index (χ1n) is 2.82. The van der Waals surface area contributed by atoms with Crippen LogP contribution < -0.4 is 10.5 Å². The number of hydrogen-bond donors (Lipinski definition) is 1. The minimum Gasteiger partial charge on any atom is -0.497 e. The second-order valence-electron chi connectivity index (χ2n) is 1.92. The van der Waals surface area contributed by atoms with Gasteiger partial charge in [-0.1, -0.05) is 0 Å². The molecule has 62 valence electrons. The van der Waals surface area contributed by atoms with Gasteiger partial charge >= 0.3 is 0 Å². The van der Waals surface area contributed by atoms with E-state index in [1.807, 2.05) is 0 Å². The lowest BCUT2D eigenvalue weighted by Crippen LogP contribution is -1.89. The van der Waals surface area contributed by atoms with Crippen LogP contribution >= 0.6 is 12.4 Å². The van der Waals surface area contributed by atoms with E-state index >= 15 is 0 Å². The SMILES string of the molecule is COc1cc(N)cc(F)c1.Cl. The number of nitrogen functional groups attached to an aromatic ring is 1. The van der Waals surface area contributed by atoms with Crippen LogP contribution in [0.4, 0.5) is 10.1 Å². The number of anilines is 1. The van der Waals surface area contributed by atoms with Gasteiger partial charge in [0.1, 0.15) is 11.6 Å². The van der Waals surface area contributed by atoms with Crippen molar-refractivity contribution in [2.75, 3.05) is 12.8 Å². The molecule has 1 aromatic carbocycles. The zero-order valence-corrected chi connectivity index (χ0v) is 6.82. The summed E-state index contributed by atoms with van der Waals surface area (Å²) in [5.41, 5.74) is 5.69. The summed E-state index contributed by atoms with van der Waals surface area (Å²) in [6.07, 6.45) is 0. The Morgan fingerprint density at radius 1 is 1.36 bits per heavy atom. The van der Waals surface area contributed by atoms with Crippen LogP contribution in [0.15, 0.2) is 18.2 Å². The lowest BCUT2D eigenvalue weighted by Gasteiger charge is -1.99. The second kappa shape index (κ2) is 4.03. The number of methoxy groups -OCH3 is 1. The number of benzene rings is 1. The third kappa shape index (κ3) is 2.63. The van der Waals surface area contributed by atoms with Crippen LogP contribution in [0.2, 0.25) is 0 Å². The lowest BCUT2D eigenvalue weighted by atomic mass is 10.3. The van der Waals surface area contributed by atoms with Crippen molar-refractivity contribution < 1.29 is 9.13 Å². The molecule has 0 atom stereocenters. The highest BCUT2D eigenvalue weighted by atomic mass is 35.5. The highest BCUT2D eigenvalue weighted by Crippen LogP contribution is 2.16. The topological polar surface area (TPSA) is 35.2 Å². The summed E-state index contributed by atoms with van der Waals surface area (Å²) in [5, 5.41) is 0. The molecule has 0 unspecified atom stereocenters. The molecule has 4 heteroatoms. The molecular formula is C7H9ClFNO. The van der Waals surface area contributed by atoms with Crippen LogP contribution in [-0.2, 0) is 0 Å². The molecule has 0 fully saturated rings. The average Bonchev–Trinajstić information content (AvgIpc) is 1.85. The number of rotatable bonds is 1. The number of ether oxygens (including phenoxy) is 1. The Balaban J connectivity index is 0.000001000. The van der Waals surface area contributed by atoms with E-state index in [1.165, 1.54) is 19.2 Å². The first-order valence-corrected chi connectivity index (χ1v) is 2.82. The molecule has 0 amide bonds. The molecule has 0 aromatic heterocycles. The molecule has 0 saturated carbocycles. The van der Waals surface area contributed by atoms with E-state index in [0.717, 1.165) is 0 Å². The largest absolute Gasteiger partial charge is 0.497 e. The standard InChI is InChI=1S/C7H8FNO.ClH/c1-10-7-3-5(8)2-6(9)4-7;/h2-4H,9H2,1H3;1H. The van der Waals surface area contributed by atoms with Gasteiger partial charge in [0.15, 0.2) is 0 Å². The van der Waals surface area contributed by atoms with E-state index in [9.17, 15) is 4.39 Å². The third-order valence-corrected chi connectivity index (χ3v) is 1.13. The van der Waals surface area contributed by atoms with Crippen molar-refractivity contribution in [1.82, 2.24) is 0 Å². The molecule has 0 spiro atoms. The summed E-state index contributed by atoms with van der Waals surface area (Å²) in [6, 6.07) is 4.07. The Morgan fingerprint density at radius 3 is 2.45 bits per heavy atom. The molecule has 0 aliphatic heterocycles. The smallest absolute Gasteiger partial charge is 0.128 e. The fourth-order valence-electron chi connectivity index (χ4n) is 0.702. The molecule has 0 radical (unpaired) electrons. The first kappa shape index (κ1) is 10.0. The quantitative estimate of drug-likeness (QED) is 0.665. The Morgan fingerprint density at radius 2 is 2.00 bits per heavy atom. The van der Waals surface area contributed by atoms with E-state index in [-0.39, 0.29) is 18.2 Å². The Kier molecular flexibility index (Phi) is 3.68. The summed E-state index contributed by atoms with van der Waals surface area (Å²) >= 11 is 0. The van der Waals surface area contributed by atoms with Gasteiger partial charge in [-0.05, 0) is 6.07 Å². The van der Waals surface area contributed by atoms with Gasteiger partial charge in [0, 0.05) is 17.8 Å². The zero-order chi connectivity index (χ0) is 7.56. The first-order chi connectivity index (χ1) is 4.72. The van der Waals surface area contributed by atoms with Crippen LogP contribution in [0, 0.1) is 5.82 Å². The van der Waals surface area contributed by atoms with Crippen LogP contribution in [0.3, 0.4) is 0 Å². The normalized spacial score (nSPS) is 8.55. The van der Waals surface area contributed by atoms with Gasteiger partial charge in [0.05, 0.1) is 7.11 Å². The predicted molar refractivity (Wildman–Crippen MR) is 44.6 cm³/mol. The van der Waals surface area contributed by atoms with Crippen molar-refractivity contribution in [3.05, 3.63) is 24.0 Å². The summed E-state index contributed by atoms with van der Waals surface area (Å²) in [6.45, 7) is 0. The summed E-state index contributed by atoms with van der Waals surface area (Å²) < 4.78 is 17.2. The maximum absolute atomic E-state index is 12.5. The molecule has 1 rings (SSSR count). The summed E-state index contributed by atoms with van der Waals surface area (Å²) in [5.74, 6) is 0.0642. The molecule has 2 nitrogen and oxygen atoms in total. The predicted octanol–water partition coefficient (Wildman–Crippen LogP) is 1.84. The number of nitrogens with two attached hydrogens (primary N) is 1. The van der Waals surface area contributed by atoms with Gasteiger partial charge in [-0.25, -0.2) is 4.39 Å². The molecular weight excluding hydrogens is 169 g/mol. The van der Waals surface area contributed by atoms with Gasteiger partial charge in [0.2, 0.25) is 0 Å². The third-order valence-electron chi connectivity index (χ3n) is 1.13. The molecule has 1 aromatic rings. The monoisotopic (exact) mass is 177 g/mol. The van der Waals surface area contributed by atoms with Gasteiger partial charge in [-0.3, -0.25) is 0 Å². The molecule has 0 aliphatic rings. The highest BCUT2D eigenvalue weighted by Gasteiger charge is 1.95. The summed E-state index contributed by atoms with van der Waals surface area (Å²) in [4.78, 5) is 0. The van der Waals surface area contributed by atoms with Crippen LogP contribution in [0.25, 0.3) is 0 Å². The Labute approximate surface area is 70.6 Å². The van der Waals surface area contributed by atoms with Crippen molar-refractivity contribution in [2.45, 2.75) is 0 Å². The molecule has 11 heavy (non-hydrogen) atoms. The molecule has 0 saturated heterocycles. The molecule has 0 heterocycles. The number of halogens is 2. The van der Waals surface area contributed by atoms with Gasteiger partial charge in [0.25, 0.3) is 0 Å². The minimum atomic E-state index is -0.378. The Bertz CT molecular complexity index is 222. The van der Waals surface area contributed by atoms with E-state index in [1.54, 1.807) is 6.07 Å². The van der Waals surface area contributed by atoms with Gasteiger partial charge < -0.3 is 10.5 Å². The lowest BCUT2D eigenvalue weighted by molar-refractivity contribution is 0.411. The summed E-state index contributed by atoms with van der Waals surface area (Å²) in [7, 11) is 1.47. The molecule has 0 aliphatic carbocycles. The maximum atomic E-state index is 12.5. The maximum Gasteiger partial charge on any atom is 0.128 e. The fraction of sp³-hybridized carbons (Fsp3) is 0.143. The fourth-order valence-corrected chi connectivity index (χ4v) is 0.702. The van der Waals surface area contributed by atoms with E-state index in [4.69, 9.17) is 10.5 Å². The van der Waals surface area contributed by atoms with Gasteiger partial charge in [-0.15, -0.1) is 12.4 Å². The number of hydrogen-bond acceptors (Lipinski definition) is 2. The second-order valence-corrected chi connectivity index (χ2v) is 1.92. The van der Waals surface area contributed by atoms with Crippen molar-refractivity contribution in [1.29, 1.82) is 0 Å². The Hall–Kier alpha value is -0.960. The average molecular weight is 178 g/mol. The van der Waals surface area contributed by atoms with Gasteiger partial charge in [-0.2, -0.15) is 0 Å². The molecule has 2 N–H and O–H groups in total. The zero-order valence-electron chi connectivity index (χ0n) is 6.00. The van der Waals surface area contributed by atoms with E-state index < -0.39 is 0 Å². The molecule has 0 bridgehead atoms. The van der Waals surface area contributed by atoms with E-state index in [2.05, 4.69) is 0 Å². The van der Waals surface area contributed by atoms with Crippen molar-refractivity contribution >= 4 is 18.1 Å². The van der Waals surface area contributed by atoms with Crippen molar-refractivity contribution in [3.63, 3.8) is 0 Å². The van der Waals surface area contributed by atoms with Crippen LogP contribution in [0.1, 0.15) is 0 Å². The minimum absolute atomic E-state index is 0. The van der Waals surface area contributed by atoms with Crippen molar-refractivity contribution in [2.24, 2.45) is 0 Å². The van der Waals surface area contributed by atoms with E-state index in [0.29, 0.717) is 11.4 Å². The van der Waals surface area contributed by atoms with Crippen LogP contribution in [0.5, 0.6) is 5.75 Å². The van der Waals surface area contributed by atoms with Crippen LogP contribution in [-0.4, -0.2) is 7.11 Å². The highest BCUT2D eigenvalue weighted by molar-refractivity contribution is 5.85.